The Morgan fingerprint density at radius 1 is 1.25 bits per heavy atom. The molecule has 1 aromatic carbocycles. The highest BCUT2D eigenvalue weighted by Gasteiger charge is 2.15. The highest BCUT2D eigenvalue weighted by atomic mass is 32.1. The van der Waals surface area contributed by atoms with E-state index < -0.39 is 0 Å². The van der Waals surface area contributed by atoms with Crippen molar-refractivity contribution in [2.24, 2.45) is 0 Å². The summed E-state index contributed by atoms with van der Waals surface area (Å²) in [5.74, 6) is 0.0685. The van der Waals surface area contributed by atoms with Crippen LogP contribution < -0.4 is 0 Å². The second-order valence-electron chi connectivity index (χ2n) is 4.80. The zero-order chi connectivity index (χ0) is 13.9. The van der Waals surface area contributed by atoms with Gasteiger partial charge in [-0.3, -0.25) is 4.79 Å². The topological polar surface area (TPSA) is 36.1 Å². The van der Waals surface area contributed by atoms with E-state index in [2.05, 4.69) is 16.4 Å². The minimum Gasteiger partial charge on any atom is -0.360 e. The van der Waals surface area contributed by atoms with Crippen molar-refractivity contribution in [1.82, 2.24) is 9.88 Å². The van der Waals surface area contributed by atoms with E-state index in [1.165, 1.54) is 4.88 Å². The van der Waals surface area contributed by atoms with Crippen LogP contribution in [0.4, 0.5) is 0 Å². The van der Waals surface area contributed by atoms with Crippen LogP contribution in [-0.4, -0.2) is 29.4 Å². The predicted octanol–water partition coefficient (Wildman–Crippen LogP) is 3.54. The van der Waals surface area contributed by atoms with Crippen LogP contribution >= 0.6 is 11.3 Å². The van der Waals surface area contributed by atoms with Gasteiger partial charge < -0.3 is 9.88 Å². The van der Waals surface area contributed by atoms with E-state index in [1.54, 1.807) is 22.4 Å². The van der Waals surface area contributed by atoms with Crippen molar-refractivity contribution in [2.45, 2.75) is 6.42 Å². The summed E-state index contributed by atoms with van der Waals surface area (Å²) in [4.78, 5) is 18.7. The van der Waals surface area contributed by atoms with Gasteiger partial charge in [-0.15, -0.1) is 11.3 Å². The number of nitrogens with zero attached hydrogens (tertiary/aromatic N) is 1. The number of likely N-dealkylation sites (N-methyl/N-ethyl adjacent to an activating group) is 1. The molecule has 0 saturated heterocycles. The zero-order valence-electron chi connectivity index (χ0n) is 11.3. The number of hydrogen-bond acceptors (Lipinski definition) is 2. The molecule has 3 aromatic rings. The van der Waals surface area contributed by atoms with E-state index in [0.717, 1.165) is 29.4 Å². The Bertz CT molecular complexity index is 715. The summed E-state index contributed by atoms with van der Waals surface area (Å²) in [7, 11) is 1.86. The van der Waals surface area contributed by atoms with E-state index in [4.69, 9.17) is 0 Å². The molecule has 2 heterocycles. The summed E-state index contributed by atoms with van der Waals surface area (Å²) in [6.07, 6.45) is 2.71. The molecule has 20 heavy (non-hydrogen) atoms. The van der Waals surface area contributed by atoms with Gasteiger partial charge in [-0.05, 0) is 23.9 Å². The summed E-state index contributed by atoms with van der Waals surface area (Å²) >= 11 is 1.73. The third-order valence-corrected chi connectivity index (χ3v) is 4.38. The molecule has 0 aliphatic carbocycles. The molecule has 0 unspecified atom stereocenters. The fourth-order valence-corrected chi connectivity index (χ4v) is 2.99. The molecule has 3 rings (SSSR count). The van der Waals surface area contributed by atoms with E-state index in [0.29, 0.717) is 0 Å². The molecule has 0 fully saturated rings. The summed E-state index contributed by atoms with van der Waals surface area (Å²) in [5, 5.41) is 3.05. The molecule has 102 valence electrons. The smallest absolute Gasteiger partial charge is 0.255 e. The van der Waals surface area contributed by atoms with Gasteiger partial charge in [0.1, 0.15) is 0 Å². The minimum absolute atomic E-state index is 0.0685. The van der Waals surface area contributed by atoms with Gasteiger partial charge in [0.2, 0.25) is 0 Å². The monoisotopic (exact) mass is 284 g/mol. The van der Waals surface area contributed by atoms with Crippen LogP contribution in [0.25, 0.3) is 10.9 Å². The van der Waals surface area contributed by atoms with Crippen molar-refractivity contribution in [3.05, 3.63) is 58.4 Å². The van der Waals surface area contributed by atoms with Gasteiger partial charge in [0, 0.05) is 35.6 Å². The molecule has 0 aliphatic heterocycles. The molecule has 0 bridgehead atoms. The number of aromatic nitrogens is 1. The number of H-pyrrole nitrogens is 1. The van der Waals surface area contributed by atoms with Gasteiger partial charge in [0.15, 0.2) is 0 Å². The van der Waals surface area contributed by atoms with Crippen LogP contribution in [0.15, 0.2) is 48.0 Å². The fraction of sp³-hybridized carbons (Fsp3) is 0.188. The Balaban J connectivity index is 1.74. The van der Waals surface area contributed by atoms with Crippen molar-refractivity contribution in [3.63, 3.8) is 0 Å². The standard InChI is InChI=1S/C16H16N2OS/c1-18(9-8-12-5-4-10-20-12)16(19)14-11-17-15-7-3-2-6-13(14)15/h2-7,10-11,17H,8-9H2,1H3. The van der Waals surface area contributed by atoms with Crippen molar-refractivity contribution in [3.8, 4) is 0 Å². The summed E-state index contributed by atoms with van der Waals surface area (Å²) < 4.78 is 0. The molecule has 1 N–H and O–H groups in total. The first-order valence-corrected chi connectivity index (χ1v) is 7.47. The number of hydrogen-bond donors (Lipinski definition) is 1. The van der Waals surface area contributed by atoms with Crippen molar-refractivity contribution in [1.29, 1.82) is 0 Å². The number of benzene rings is 1. The quantitative estimate of drug-likeness (QED) is 0.781. The molecule has 0 saturated carbocycles. The minimum atomic E-state index is 0.0685. The van der Waals surface area contributed by atoms with Crippen LogP contribution in [0.1, 0.15) is 15.2 Å². The number of fused-ring (bicyclic) bond motifs is 1. The summed E-state index contributed by atoms with van der Waals surface area (Å²) in [6, 6.07) is 12.0. The Morgan fingerprint density at radius 2 is 2.10 bits per heavy atom. The largest absolute Gasteiger partial charge is 0.360 e. The molecule has 3 nitrogen and oxygen atoms in total. The molecule has 0 spiro atoms. The van der Waals surface area contributed by atoms with Crippen LogP contribution in [0, 0.1) is 0 Å². The van der Waals surface area contributed by atoms with Crippen LogP contribution in [0.2, 0.25) is 0 Å². The lowest BCUT2D eigenvalue weighted by Gasteiger charge is -2.16. The average molecular weight is 284 g/mol. The fourth-order valence-electron chi connectivity index (χ4n) is 2.29. The van der Waals surface area contributed by atoms with Gasteiger partial charge in [-0.25, -0.2) is 0 Å². The third kappa shape index (κ3) is 2.47. The molecule has 1 amide bonds. The highest BCUT2D eigenvalue weighted by Crippen LogP contribution is 2.19. The summed E-state index contributed by atoms with van der Waals surface area (Å²) in [6.45, 7) is 0.735. The number of nitrogens with one attached hydrogen (secondary N) is 1. The Morgan fingerprint density at radius 3 is 2.90 bits per heavy atom. The Kier molecular flexibility index (Phi) is 3.56. The normalized spacial score (nSPS) is 10.8. The number of amides is 1. The third-order valence-electron chi connectivity index (χ3n) is 3.44. The number of thiophene rings is 1. The SMILES string of the molecule is CN(CCc1cccs1)C(=O)c1c[nH]c2ccccc12. The lowest BCUT2D eigenvalue weighted by atomic mass is 10.1. The first-order valence-electron chi connectivity index (χ1n) is 6.59. The van der Waals surface area contributed by atoms with E-state index in [1.807, 2.05) is 37.4 Å². The lowest BCUT2D eigenvalue weighted by Crippen LogP contribution is -2.28. The van der Waals surface area contributed by atoms with Gasteiger partial charge in [0.25, 0.3) is 5.91 Å². The maximum atomic E-state index is 12.5. The molecule has 0 atom stereocenters. The van der Waals surface area contributed by atoms with E-state index in [9.17, 15) is 4.79 Å². The maximum absolute atomic E-state index is 12.5. The van der Waals surface area contributed by atoms with Gasteiger partial charge >= 0.3 is 0 Å². The van der Waals surface area contributed by atoms with Gasteiger partial charge in [-0.1, -0.05) is 24.3 Å². The number of rotatable bonds is 4. The number of carbonyl (C=O) groups is 1. The van der Waals surface area contributed by atoms with Crippen molar-refractivity contribution >= 4 is 28.1 Å². The Labute approximate surface area is 121 Å². The van der Waals surface area contributed by atoms with Crippen LogP contribution in [-0.2, 0) is 6.42 Å². The number of para-hydroxylation sites is 1. The van der Waals surface area contributed by atoms with Crippen molar-refractivity contribution in [2.75, 3.05) is 13.6 Å². The second-order valence-corrected chi connectivity index (χ2v) is 5.84. The average Bonchev–Trinajstić information content (AvgIpc) is 3.13. The molecule has 0 radical (unpaired) electrons. The highest BCUT2D eigenvalue weighted by molar-refractivity contribution is 7.09. The van der Waals surface area contributed by atoms with Gasteiger partial charge in [0.05, 0.1) is 5.56 Å². The van der Waals surface area contributed by atoms with Gasteiger partial charge in [-0.2, -0.15) is 0 Å². The second kappa shape index (κ2) is 5.51. The molecular weight excluding hydrogens is 268 g/mol. The maximum Gasteiger partial charge on any atom is 0.255 e. The summed E-state index contributed by atoms with van der Waals surface area (Å²) in [5.41, 5.74) is 1.75. The molecular formula is C16H16N2OS. The van der Waals surface area contributed by atoms with Crippen LogP contribution in [0.3, 0.4) is 0 Å². The molecule has 4 heteroatoms. The number of aromatic amines is 1. The molecule has 2 aromatic heterocycles. The molecule has 0 aliphatic rings. The lowest BCUT2D eigenvalue weighted by molar-refractivity contribution is 0.0799. The number of carbonyl (C=O) groups excluding carboxylic acids is 1. The van der Waals surface area contributed by atoms with Crippen LogP contribution in [0.5, 0.6) is 0 Å². The predicted molar refractivity (Wildman–Crippen MR) is 83.3 cm³/mol. The van der Waals surface area contributed by atoms with Crippen molar-refractivity contribution < 1.29 is 4.79 Å². The zero-order valence-corrected chi connectivity index (χ0v) is 12.1. The Hall–Kier alpha value is -2.07. The first kappa shape index (κ1) is 12.9. The first-order chi connectivity index (χ1) is 9.75. The van der Waals surface area contributed by atoms with E-state index in [-0.39, 0.29) is 5.91 Å². The van der Waals surface area contributed by atoms with E-state index >= 15 is 0 Å².